The summed E-state index contributed by atoms with van der Waals surface area (Å²) < 4.78 is 29.7. The summed E-state index contributed by atoms with van der Waals surface area (Å²) in [4.78, 5) is 0. The molecule has 1 rings (SSSR count). The van der Waals surface area contributed by atoms with Gasteiger partial charge in [0, 0.05) is 11.7 Å². The molecular weight excluding hydrogens is 202 g/mol. The van der Waals surface area contributed by atoms with Gasteiger partial charge in [0.1, 0.15) is 0 Å². The third-order valence-electron chi connectivity index (χ3n) is 1.65. The molecule has 0 aliphatic heterocycles. The van der Waals surface area contributed by atoms with E-state index < -0.39 is 10.1 Å². The smallest absolute Gasteiger partial charge is 0.266 e. The second-order valence-corrected chi connectivity index (χ2v) is 4.66. The van der Waals surface area contributed by atoms with Crippen LogP contribution >= 0.6 is 0 Å². The minimum absolute atomic E-state index is 0.290. The predicted molar refractivity (Wildman–Crippen MR) is 55.9 cm³/mol. The molecule has 0 heterocycles. The molecule has 1 unspecified atom stereocenters. The van der Waals surface area contributed by atoms with E-state index in [0.717, 1.165) is 5.69 Å². The second-order valence-electron chi connectivity index (χ2n) is 3.16. The Hall–Kier alpha value is -1.07. The molecular formula is C9H13NO3S. The molecule has 0 aliphatic rings. The molecule has 0 aromatic heterocycles. The molecule has 78 valence electrons. The molecule has 14 heavy (non-hydrogen) atoms. The van der Waals surface area contributed by atoms with Crippen LogP contribution in [0.15, 0.2) is 30.3 Å². The van der Waals surface area contributed by atoms with E-state index in [2.05, 4.69) is 5.32 Å². The van der Waals surface area contributed by atoms with Crippen molar-refractivity contribution in [2.75, 3.05) is 11.1 Å². The number of rotatable bonds is 4. The van der Waals surface area contributed by atoms with Crippen molar-refractivity contribution in [3.8, 4) is 0 Å². The highest BCUT2D eigenvalue weighted by molar-refractivity contribution is 7.85. The van der Waals surface area contributed by atoms with Gasteiger partial charge in [0.05, 0.1) is 5.75 Å². The lowest BCUT2D eigenvalue weighted by Gasteiger charge is -2.12. The zero-order valence-corrected chi connectivity index (χ0v) is 8.66. The molecule has 1 atom stereocenters. The van der Waals surface area contributed by atoms with Crippen molar-refractivity contribution in [1.82, 2.24) is 0 Å². The molecule has 2 N–H and O–H groups in total. The Morgan fingerprint density at radius 1 is 1.36 bits per heavy atom. The monoisotopic (exact) mass is 215 g/mol. The van der Waals surface area contributed by atoms with Gasteiger partial charge in [-0.1, -0.05) is 18.2 Å². The number of anilines is 1. The fourth-order valence-electron chi connectivity index (χ4n) is 1.18. The first-order valence-electron chi connectivity index (χ1n) is 4.24. The summed E-state index contributed by atoms with van der Waals surface area (Å²) in [6, 6.07) is 8.93. The van der Waals surface area contributed by atoms with Crippen LogP contribution in [0.2, 0.25) is 0 Å². The predicted octanol–water partition coefficient (Wildman–Crippen LogP) is 1.37. The van der Waals surface area contributed by atoms with Crippen LogP contribution in [0, 0.1) is 0 Å². The normalized spacial score (nSPS) is 13.6. The Kier molecular flexibility index (Phi) is 3.49. The lowest BCUT2D eigenvalue weighted by atomic mass is 10.3. The van der Waals surface area contributed by atoms with Crippen LogP contribution < -0.4 is 5.32 Å². The van der Waals surface area contributed by atoms with Gasteiger partial charge in [-0.2, -0.15) is 8.42 Å². The van der Waals surface area contributed by atoms with Crippen LogP contribution in [0.1, 0.15) is 6.92 Å². The summed E-state index contributed by atoms with van der Waals surface area (Å²) in [5, 5.41) is 2.96. The molecule has 1 aromatic carbocycles. The van der Waals surface area contributed by atoms with Crippen LogP contribution in [0.4, 0.5) is 5.69 Å². The Bertz CT molecular complexity index is 374. The molecule has 0 spiro atoms. The minimum atomic E-state index is -3.91. The summed E-state index contributed by atoms with van der Waals surface area (Å²) in [7, 11) is -3.91. The Morgan fingerprint density at radius 3 is 2.43 bits per heavy atom. The number of hydrogen-bond acceptors (Lipinski definition) is 3. The lowest BCUT2D eigenvalue weighted by Crippen LogP contribution is -2.25. The first-order valence-corrected chi connectivity index (χ1v) is 5.85. The maximum Gasteiger partial charge on any atom is 0.266 e. The number of para-hydroxylation sites is 1. The van der Waals surface area contributed by atoms with Gasteiger partial charge < -0.3 is 5.32 Å². The van der Waals surface area contributed by atoms with E-state index >= 15 is 0 Å². The van der Waals surface area contributed by atoms with Gasteiger partial charge in [0.15, 0.2) is 0 Å². The summed E-state index contributed by atoms with van der Waals surface area (Å²) in [5.41, 5.74) is 0.837. The van der Waals surface area contributed by atoms with Gasteiger partial charge in [0.2, 0.25) is 0 Å². The summed E-state index contributed by atoms with van der Waals surface area (Å²) >= 11 is 0. The highest BCUT2D eigenvalue weighted by atomic mass is 32.2. The number of nitrogens with one attached hydrogen (secondary N) is 1. The van der Waals surface area contributed by atoms with Crippen LogP contribution in [0.3, 0.4) is 0 Å². The van der Waals surface area contributed by atoms with Crippen LogP contribution in [-0.2, 0) is 10.1 Å². The van der Waals surface area contributed by atoms with Crippen molar-refractivity contribution in [1.29, 1.82) is 0 Å². The van der Waals surface area contributed by atoms with Crippen molar-refractivity contribution in [3.05, 3.63) is 30.3 Å². The lowest BCUT2D eigenvalue weighted by molar-refractivity contribution is 0.480. The number of benzene rings is 1. The third-order valence-corrected chi connectivity index (χ3v) is 2.57. The Morgan fingerprint density at radius 2 is 1.93 bits per heavy atom. The molecule has 0 amide bonds. The van der Waals surface area contributed by atoms with Crippen LogP contribution in [-0.4, -0.2) is 24.8 Å². The summed E-state index contributed by atoms with van der Waals surface area (Å²) in [6.45, 7) is 1.70. The van der Waals surface area contributed by atoms with Gasteiger partial charge >= 0.3 is 0 Å². The SMILES string of the molecule is CC(CS(=O)(=O)O)Nc1ccccc1. The molecule has 4 nitrogen and oxygen atoms in total. The third kappa shape index (κ3) is 4.25. The largest absolute Gasteiger partial charge is 0.381 e. The first-order chi connectivity index (χ1) is 6.47. The maximum absolute atomic E-state index is 10.5. The van der Waals surface area contributed by atoms with Crippen LogP contribution in [0.5, 0.6) is 0 Å². The van der Waals surface area contributed by atoms with E-state index in [1.807, 2.05) is 30.3 Å². The van der Waals surface area contributed by atoms with Crippen molar-refractivity contribution in [3.63, 3.8) is 0 Å². The van der Waals surface area contributed by atoms with E-state index in [4.69, 9.17) is 4.55 Å². The average Bonchev–Trinajstić information content (AvgIpc) is 2.02. The second kappa shape index (κ2) is 4.43. The molecule has 0 saturated heterocycles. The topological polar surface area (TPSA) is 66.4 Å². The van der Waals surface area contributed by atoms with E-state index in [9.17, 15) is 8.42 Å². The minimum Gasteiger partial charge on any atom is -0.381 e. The molecule has 0 saturated carbocycles. The fourth-order valence-corrected chi connectivity index (χ4v) is 1.89. The highest BCUT2D eigenvalue weighted by Gasteiger charge is 2.11. The zero-order valence-electron chi connectivity index (χ0n) is 7.84. The van der Waals surface area contributed by atoms with Crippen molar-refractivity contribution >= 4 is 15.8 Å². The summed E-state index contributed by atoms with van der Waals surface area (Å²) in [5.74, 6) is -0.290. The van der Waals surface area contributed by atoms with E-state index in [-0.39, 0.29) is 11.8 Å². The Labute approximate surface area is 83.7 Å². The van der Waals surface area contributed by atoms with E-state index in [1.54, 1.807) is 6.92 Å². The van der Waals surface area contributed by atoms with Crippen molar-refractivity contribution in [2.24, 2.45) is 0 Å². The molecule has 0 aliphatic carbocycles. The van der Waals surface area contributed by atoms with Gasteiger partial charge in [-0.05, 0) is 19.1 Å². The first kappa shape index (κ1) is 11.0. The van der Waals surface area contributed by atoms with Crippen molar-refractivity contribution in [2.45, 2.75) is 13.0 Å². The molecule has 0 radical (unpaired) electrons. The number of hydrogen-bond donors (Lipinski definition) is 2. The van der Waals surface area contributed by atoms with E-state index in [1.165, 1.54) is 0 Å². The maximum atomic E-state index is 10.5. The van der Waals surface area contributed by atoms with Gasteiger partial charge in [-0.25, -0.2) is 0 Å². The average molecular weight is 215 g/mol. The van der Waals surface area contributed by atoms with Crippen molar-refractivity contribution < 1.29 is 13.0 Å². The molecule has 5 heteroatoms. The Balaban J connectivity index is 2.54. The van der Waals surface area contributed by atoms with Crippen LogP contribution in [0.25, 0.3) is 0 Å². The summed E-state index contributed by atoms with van der Waals surface area (Å²) in [6.07, 6.45) is 0. The quantitative estimate of drug-likeness (QED) is 0.744. The molecule has 0 fully saturated rings. The fraction of sp³-hybridized carbons (Fsp3) is 0.333. The van der Waals surface area contributed by atoms with Gasteiger partial charge in [-0.3, -0.25) is 4.55 Å². The van der Waals surface area contributed by atoms with Gasteiger partial charge in [0.25, 0.3) is 10.1 Å². The standard InChI is InChI=1S/C9H13NO3S/c1-8(7-14(11,12)13)10-9-5-3-2-4-6-9/h2-6,8,10H,7H2,1H3,(H,11,12,13). The molecule has 0 bridgehead atoms. The zero-order chi connectivity index (χ0) is 10.6. The highest BCUT2D eigenvalue weighted by Crippen LogP contribution is 2.07. The van der Waals surface area contributed by atoms with Gasteiger partial charge in [-0.15, -0.1) is 0 Å². The van der Waals surface area contributed by atoms with E-state index in [0.29, 0.717) is 0 Å². The molecule has 1 aromatic rings.